The van der Waals surface area contributed by atoms with Gasteiger partial charge in [0.1, 0.15) is 5.78 Å². The van der Waals surface area contributed by atoms with Gasteiger partial charge in [0.05, 0.1) is 5.25 Å². The molecule has 90 valence electrons. The molecule has 0 radical (unpaired) electrons. The highest BCUT2D eigenvalue weighted by atomic mass is 32.2. The second-order valence-corrected chi connectivity index (χ2v) is 6.07. The lowest BCUT2D eigenvalue weighted by molar-refractivity contribution is -0.136. The molecule has 2 rings (SSSR count). The molecule has 2 unspecified atom stereocenters. The van der Waals surface area contributed by atoms with Gasteiger partial charge in [-0.3, -0.25) is 9.59 Å². The van der Waals surface area contributed by atoms with Crippen molar-refractivity contribution in [3.63, 3.8) is 0 Å². The fourth-order valence-corrected chi connectivity index (χ4v) is 3.63. The molecule has 0 aromatic carbocycles. The van der Waals surface area contributed by atoms with E-state index in [-0.39, 0.29) is 17.1 Å². The van der Waals surface area contributed by atoms with Crippen LogP contribution in [-0.2, 0) is 9.59 Å². The Balaban J connectivity index is 1.91. The number of Topliss-reactive ketones (excluding diaryl/α,β-unsaturated/α-hetero) is 1. The van der Waals surface area contributed by atoms with Crippen LogP contribution in [0.1, 0.15) is 32.6 Å². The van der Waals surface area contributed by atoms with E-state index in [1.54, 1.807) is 11.8 Å². The number of amides is 1. The Morgan fingerprint density at radius 2 is 2.25 bits per heavy atom. The van der Waals surface area contributed by atoms with Crippen molar-refractivity contribution in [2.45, 2.75) is 37.9 Å². The Morgan fingerprint density at radius 1 is 1.44 bits per heavy atom. The van der Waals surface area contributed by atoms with Crippen molar-refractivity contribution in [3.8, 4) is 0 Å². The molecule has 3 nitrogen and oxygen atoms in total. The highest BCUT2D eigenvalue weighted by Crippen LogP contribution is 2.27. The third-order valence-corrected chi connectivity index (χ3v) is 4.80. The summed E-state index contributed by atoms with van der Waals surface area (Å²) in [6, 6.07) is 0. The van der Waals surface area contributed by atoms with Crippen LogP contribution in [0.25, 0.3) is 0 Å². The number of carbonyl (C=O) groups excluding carboxylic acids is 2. The molecule has 2 fully saturated rings. The Kier molecular flexibility index (Phi) is 3.90. The van der Waals surface area contributed by atoms with Crippen molar-refractivity contribution >= 4 is 23.5 Å². The fourth-order valence-electron chi connectivity index (χ4n) is 2.35. The quantitative estimate of drug-likeness (QED) is 0.701. The third-order valence-electron chi connectivity index (χ3n) is 3.44. The maximum atomic E-state index is 12.2. The van der Waals surface area contributed by atoms with Crippen LogP contribution in [0.15, 0.2) is 0 Å². The minimum absolute atomic E-state index is 0.0336. The number of rotatable bonds is 1. The van der Waals surface area contributed by atoms with Crippen LogP contribution in [0.4, 0.5) is 0 Å². The molecule has 0 N–H and O–H groups in total. The van der Waals surface area contributed by atoms with Crippen LogP contribution < -0.4 is 0 Å². The molecule has 0 spiro atoms. The van der Waals surface area contributed by atoms with Crippen LogP contribution in [0.3, 0.4) is 0 Å². The van der Waals surface area contributed by atoms with Crippen molar-refractivity contribution in [3.05, 3.63) is 0 Å². The van der Waals surface area contributed by atoms with Gasteiger partial charge in [-0.15, -0.1) is 11.8 Å². The van der Waals surface area contributed by atoms with Crippen LogP contribution in [0.5, 0.6) is 0 Å². The van der Waals surface area contributed by atoms with Crippen LogP contribution >= 0.6 is 11.8 Å². The van der Waals surface area contributed by atoms with Gasteiger partial charge in [0.25, 0.3) is 0 Å². The van der Waals surface area contributed by atoms with E-state index >= 15 is 0 Å². The number of hydrogen-bond acceptors (Lipinski definition) is 3. The Hall–Kier alpha value is -0.510. The first-order valence-electron chi connectivity index (χ1n) is 6.11. The van der Waals surface area contributed by atoms with Crippen LogP contribution in [0, 0.1) is 5.92 Å². The molecule has 0 saturated carbocycles. The summed E-state index contributed by atoms with van der Waals surface area (Å²) in [6.07, 6.45) is 3.97. The van der Waals surface area contributed by atoms with Gasteiger partial charge in [-0.2, -0.15) is 0 Å². The summed E-state index contributed by atoms with van der Waals surface area (Å²) in [5.74, 6) is 1.72. The lowest BCUT2D eigenvalue weighted by Crippen LogP contribution is -2.46. The van der Waals surface area contributed by atoms with Gasteiger partial charge >= 0.3 is 0 Å². The van der Waals surface area contributed by atoms with Crippen molar-refractivity contribution in [2.24, 2.45) is 5.92 Å². The SMILES string of the molecule is CC1CN(C(=O)C2CCCCS2)CCC1=O. The highest BCUT2D eigenvalue weighted by Gasteiger charge is 2.31. The molecule has 0 aromatic rings. The van der Waals surface area contributed by atoms with Gasteiger partial charge in [-0.1, -0.05) is 13.3 Å². The zero-order valence-corrected chi connectivity index (χ0v) is 10.6. The number of likely N-dealkylation sites (tertiary alicyclic amines) is 1. The van der Waals surface area contributed by atoms with Crippen LogP contribution in [0.2, 0.25) is 0 Å². The molecule has 0 aromatic heterocycles. The number of carbonyl (C=O) groups is 2. The molecule has 4 heteroatoms. The van der Waals surface area contributed by atoms with E-state index in [0.717, 1.165) is 12.2 Å². The van der Waals surface area contributed by atoms with Crippen molar-refractivity contribution in [1.29, 1.82) is 0 Å². The van der Waals surface area contributed by atoms with Gasteiger partial charge in [0.15, 0.2) is 0 Å². The maximum absolute atomic E-state index is 12.2. The first-order chi connectivity index (χ1) is 7.68. The summed E-state index contributed by atoms with van der Waals surface area (Å²) in [4.78, 5) is 25.5. The number of piperidine rings is 1. The number of ketones is 1. The number of nitrogens with zero attached hydrogens (tertiary/aromatic N) is 1. The van der Waals surface area contributed by atoms with E-state index in [4.69, 9.17) is 0 Å². The Labute approximate surface area is 101 Å². The largest absolute Gasteiger partial charge is 0.341 e. The van der Waals surface area contributed by atoms with Crippen molar-refractivity contribution in [2.75, 3.05) is 18.8 Å². The summed E-state index contributed by atoms with van der Waals surface area (Å²) in [7, 11) is 0. The molecule has 2 aliphatic heterocycles. The summed E-state index contributed by atoms with van der Waals surface area (Å²) in [5, 5.41) is 0.161. The summed E-state index contributed by atoms with van der Waals surface area (Å²) >= 11 is 1.79. The van der Waals surface area contributed by atoms with E-state index in [0.29, 0.717) is 25.3 Å². The molecule has 16 heavy (non-hydrogen) atoms. The third kappa shape index (κ3) is 2.59. The van der Waals surface area contributed by atoms with E-state index in [1.807, 2.05) is 11.8 Å². The van der Waals surface area contributed by atoms with Gasteiger partial charge in [0.2, 0.25) is 5.91 Å². The van der Waals surface area contributed by atoms with Gasteiger partial charge in [-0.05, 0) is 18.6 Å². The monoisotopic (exact) mass is 241 g/mol. The summed E-state index contributed by atoms with van der Waals surface area (Å²) in [6.45, 7) is 3.20. The normalized spacial score (nSPS) is 31.6. The fraction of sp³-hybridized carbons (Fsp3) is 0.833. The second-order valence-electron chi connectivity index (χ2n) is 4.76. The van der Waals surface area contributed by atoms with Gasteiger partial charge in [-0.25, -0.2) is 0 Å². The molecule has 2 heterocycles. The highest BCUT2D eigenvalue weighted by molar-refractivity contribution is 8.00. The molecular weight excluding hydrogens is 222 g/mol. The van der Waals surface area contributed by atoms with E-state index in [9.17, 15) is 9.59 Å². The summed E-state index contributed by atoms with van der Waals surface area (Å²) < 4.78 is 0. The smallest absolute Gasteiger partial charge is 0.235 e. The second kappa shape index (κ2) is 5.21. The lowest BCUT2D eigenvalue weighted by Gasteiger charge is -2.33. The maximum Gasteiger partial charge on any atom is 0.235 e. The average Bonchev–Trinajstić information content (AvgIpc) is 2.33. The average molecular weight is 241 g/mol. The molecule has 2 atom stereocenters. The first kappa shape index (κ1) is 12.0. The molecule has 0 aliphatic carbocycles. The van der Waals surface area contributed by atoms with E-state index in [2.05, 4.69) is 0 Å². The zero-order valence-electron chi connectivity index (χ0n) is 9.78. The number of hydrogen-bond donors (Lipinski definition) is 0. The lowest BCUT2D eigenvalue weighted by atomic mass is 9.98. The minimum atomic E-state index is 0.0336. The predicted molar refractivity (Wildman–Crippen MR) is 65.5 cm³/mol. The Morgan fingerprint density at radius 3 is 2.88 bits per heavy atom. The van der Waals surface area contributed by atoms with E-state index < -0.39 is 0 Å². The Bertz CT molecular complexity index is 287. The van der Waals surface area contributed by atoms with E-state index in [1.165, 1.54) is 12.8 Å². The number of thioether (sulfide) groups is 1. The van der Waals surface area contributed by atoms with Crippen LogP contribution in [-0.4, -0.2) is 40.7 Å². The minimum Gasteiger partial charge on any atom is -0.341 e. The molecule has 2 aliphatic rings. The molecule has 2 saturated heterocycles. The predicted octanol–water partition coefficient (Wildman–Crippen LogP) is 1.71. The zero-order chi connectivity index (χ0) is 11.5. The van der Waals surface area contributed by atoms with Crippen molar-refractivity contribution < 1.29 is 9.59 Å². The van der Waals surface area contributed by atoms with Gasteiger partial charge in [0, 0.05) is 25.4 Å². The molecular formula is C12H19NO2S. The summed E-state index contributed by atoms with van der Waals surface area (Å²) in [5.41, 5.74) is 0. The molecule has 1 amide bonds. The van der Waals surface area contributed by atoms with Gasteiger partial charge < -0.3 is 4.90 Å². The molecule has 0 bridgehead atoms. The van der Waals surface area contributed by atoms with Crippen molar-refractivity contribution in [1.82, 2.24) is 4.90 Å². The topological polar surface area (TPSA) is 37.4 Å². The first-order valence-corrected chi connectivity index (χ1v) is 7.16. The standard InChI is InChI=1S/C12H19NO2S/c1-9-8-13(6-5-10(9)14)12(15)11-4-2-3-7-16-11/h9,11H,2-8H2,1H3.